The minimum Gasteiger partial charge on any atom is -0.375 e. The summed E-state index contributed by atoms with van der Waals surface area (Å²) in [6.45, 7) is 0.734. The molecule has 3 rings (SSSR count). The van der Waals surface area contributed by atoms with Crippen molar-refractivity contribution in [2.75, 3.05) is 6.61 Å². The van der Waals surface area contributed by atoms with E-state index in [0.29, 0.717) is 0 Å². The molecule has 102 valence electrons. The first-order valence-corrected chi connectivity index (χ1v) is 8.60. The smallest absolute Gasteiger partial charge is 0.167 e. The molecule has 1 aliphatic heterocycles. The van der Waals surface area contributed by atoms with Crippen molar-refractivity contribution in [2.24, 2.45) is 5.92 Å². The minimum atomic E-state index is 0.0347. The van der Waals surface area contributed by atoms with E-state index in [1.807, 2.05) is 18.2 Å². The van der Waals surface area contributed by atoms with Crippen molar-refractivity contribution < 1.29 is 9.53 Å². The highest BCUT2D eigenvalue weighted by atomic mass is 127. The van der Waals surface area contributed by atoms with Crippen molar-refractivity contribution in [3.63, 3.8) is 0 Å². The lowest BCUT2D eigenvalue weighted by atomic mass is 9.70. The molecule has 4 heteroatoms. The van der Waals surface area contributed by atoms with Gasteiger partial charge in [-0.2, -0.15) is 0 Å². The maximum absolute atomic E-state index is 12.7. The van der Waals surface area contributed by atoms with Crippen LogP contribution < -0.4 is 0 Å². The van der Waals surface area contributed by atoms with Crippen LogP contribution in [0.25, 0.3) is 0 Å². The summed E-state index contributed by atoms with van der Waals surface area (Å²) < 4.78 is 7.92. The lowest BCUT2D eigenvalue weighted by molar-refractivity contribution is -0.137. The second-order valence-corrected chi connectivity index (χ2v) is 7.66. The van der Waals surface area contributed by atoms with Crippen LogP contribution in [0.15, 0.2) is 22.7 Å². The highest BCUT2D eigenvalue weighted by molar-refractivity contribution is 14.1. The van der Waals surface area contributed by atoms with Crippen molar-refractivity contribution in [1.82, 2.24) is 0 Å². The Balaban J connectivity index is 1.81. The van der Waals surface area contributed by atoms with Gasteiger partial charge in [-0.15, -0.1) is 0 Å². The summed E-state index contributed by atoms with van der Waals surface area (Å²) in [7, 11) is 0. The molecule has 0 radical (unpaired) electrons. The number of halogens is 2. The van der Waals surface area contributed by atoms with Crippen molar-refractivity contribution in [1.29, 1.82) is 0 Å². The van der Waals surface area contributed by atoms with Gasteiger partial charge in [0.1, 0.15) is 0 Å². The number of rotatable bonds is 2. The van der Waals surface area contributed by atoms with E-state index in [2.05, 4.69) is 38.5 Å². The lowest BCUT2D eigenvalue weighted by Crippen LogP contribution is -2.47. The Labute approximate surface area is 135 Å². The number of hydrogen-bond donors (Lipinski definition) is 0. The zero-order valence-corrected chi connectivity index (χ0v) is 14.4. The topological polar surface area (TPSA) is 26.3 Å². The fraction of sp³-hybridized carbons (Fsp3) is 0.533. The van der Waals surface area contributed by atoms with Gasteiger partial charge in [-0.1, -0.05) is 15.9 Å². The molecule has 2 aliphatic rings. The highest BCUT2D eigenvalue weighted by Gasteiger charge is 2.44. The zero-order chi connectivity index (χ0) is 13.5. The molecule has 1 aromatic carbocycles. The molecule has 1 saturated carbocycles. The third kappa shape index (κ3) is 2.76. The standard InChI is InChI=1S/C15H16BrIO2/c16-13-3-2-11(17)8-12(13)14(18)10-4-7-19-15(9-10)5-1-6-15/h2-3,8,10H,1,4-7,9H2. The van der Waals surface area contributed by atoms with E-state index in [1.54, 1.807) is 0 Å². The molecule has 0 N–H and O–H groups in total. The molecular weight excluding hydrogens is 419 g/mol. The summed E-state index contributed by atoms with van der Waals surface area (Å²) >= 11 is 5.76. The van der Waals surface area contributed by atoms with Gasteiger partial charge in [0.25, 0.3) is 0 Å². The van der Waals surface area contributed by atoms with E-state index in [-0.39, 0.29) is 17.3 Å². The van der Waals surface area contributed by atoms with Gasteiger partial charge in [-0.05, 0) is 72.9 Å². The summed E-state index contributed by atoms with van der Waals surface area (Å²) in [5.74, 6) is 0.406. The van der Waals surface area contributed by atoms with Crippen LogP contribution in [0.5, 0.6) is 0 Å². The second-order valence-electron chi connectivity index (χ2n) is 5.56. The Kier molecular flexibility index (Phi) is 4.02. The molecule has 1 aromatic rings. The van der Waals surface area contributed by atoms with Crippen molar-refractivity contribution >= 4 is 44.3 Å². The van der Waals surface area contributed by atoms with Gasteiger partial charge < -0.3 is 4.74 Å². The molecule has 2 fully saturated rings. The maximum atomic E-state index is 12.7. The summed E-state index contributed by atoms with van der Waals surface area (Å²) in [4.78, 5) is 12.7. The number of Topliss-reactive ketones (excluding diaryl/α,β-unsaturated/α-hetero) is 1. The Bertz CT molecular complexity index is 511. The van der Waals surface area contributed by atoms with Crippen molar-refractivity contribution in [3.05, 3.63) is 31.8 Å². The number of ketones is 1. The first-order valence-electron chi connectivity index (χ1n) is 6.73. The van der Waals surface area contributed by atoms with Gasteiger partial charge in [0.2, 0.25) is 0 Å². The maximum Gasteiger partial charge on any atom is 0.167 e. The zero-order valence-electron chi connectivity index (χ0n) is 10.6. The van der Waals surface area contributed by atoms with Crippen LogP contribution in [-0.4, -0.2) is 18.0 Å². The number of carbonyl (C=O) groups is 1. The van der Waals surface area contributed by atoms with Gasteiger partial charge in [0.15, 0.2) is 5.78 Å². The average Bonchev–Trinajstić information content (AvgIpc) is 2.39. The average molecular weight is 435 g/mol. The molecule has 0 bridgehead atoms. The highest BCUT2D eigenvalue weighted by Crippen LogP contribution is 2.45. The predicted octanol–water partition coefficient (Wildman–Crippen LogP) is 4.59. The molecule has 1 aliphatic carbocycles. The number of hydrogen-bond acceptors (Lipinski definition) is 2. The van der Waals surface area contributed by atoms with Crippen LogP contribution in [0.2, 0.25) is 0 Å². The Morgan fingerprint density at radius 2 is 2.21 bits per heavy atom. The van der Waals surface area contributed by atoms with E-state index >= 15 is 0 Å². The van der Waals surface area contributed by atoms with Crippen LogP contribution in [0.4, 0.5) is 0 Å². The van der Waals surface area contributed by atoms with Crippen molar-refractivity contribution in [2.45, 2.75) is 37.7 Å². The van der Waals surface area contributed by atoms with E-state index in [0.717, 1.165) is 45.9 Å². The molecule has 0 aromatic heterocycles. The Morgan fingerprint density at radius 3 is 2.89 bits per heavy atom. The second kappa shape index (κ2) is 5.45. The first kappa shape index (κ1) is 14.0. The van der Waals surface area contributed by atoms with Gasteiger partial charge in [0, 0.05) is 26.1 Å². The summed E-state index contributed by atoms with van der Waals surface area (Å²) in [6.07, 6.45) is 5.27. The lowest BCUT2D eigenvalue weighted by Gasteiger charge is -2.46. The first-order chi connectivity index (χ1) is 9.10. The van der Waals surface area contributed by atoms with Crippen LogP contribution >= 0.6 is 38.5 Å². The van der Waals surface area contributed by atoms with Crippen LogP contribution in [0.3, 0.4) is 0 Å². The molecule has 1 saturated heterocycles. The molecule has 1 atom stereocenters. The van der Waals surface area contributed by atoms with Crippen LogP contribution in [-0.2, 0) is 4.74 Å². The van der Waals surface area contributed by atoms with E-state index < -0.39 is 0 Å². The molecular formula is C15H16BrIO2. The number of carbonyl (C=O) groups excluding carboxylic acids is 1. The van der Waals surface area contributed by atoms with Crippen LogP contribution in [0.1, 0.15) is 42.5 Å². The molecule has 1 unspecified atom stereocenters. The van der Waals surface area contributed by atoms with Gasteiger partial charge in [0.05, 0.1) is 5.60 Å². The van der Waals surface area contributed by atoms with E-state index in [4.69, 9.17) is 4.74 Å². The Morgan fingerprint density at radius 1 is 1.42 bits per heavy atom. The fourth-order valence-electron chi connectivity index (χ4n) is 3.08. The summed E-state index contributed by atoms with van der Waals surface area (Å²) in [5, 5.41) is 0. The summed E-state index contributed by atoms with van der Waals surface area (Å²) in [5.41, 5.74) is 0.862. The van der Waals surface area contributed by atoms with E-state index in [9.17, 15) is 4.79 Å². The molecule has 1 heterocycles. The minimum absolute atomic E-state index is 0.0347. The number of benzene rings is 1. The third-order valence-corrected chi connectivity index (χ3v) is 5.68. The van der Waals surface area contributed by atoms with Crippen LogP contribution in [0, 0.1) is 9.49 Å². The summed E-state index contributed by atoms with van der Waals surface area (Å²) in [6, 6.07) is 5.96. The molecule has 0 amide bonds. The quantitative estimate of drug-likeness (QED) is 0.502. The van der Waals surface area contributed by atoms with Gasteiger partial charge in [-0.3, -0.25) is 4.79 Å². The predicted molar refractivity (Wildman–Crippen MR) is 86.4 cm³/mol. The number of ether oxygens (including phenoxy) is 1. The Hall–Kier alpha value is 0.0600. The third-order valence-electron chi connectivity index (χ3n) is 4.32. The SMILES string of the molecule is O=C(c1cc(I)ccc1Br)C1CCOC2(CCC2)C1. The normalized spacial score (nSPS) is 25.1. The molecule has 19 heavy (non-hydrogen) atoms. The molecule has 2 nitrogen and oxygen atoms in total. The monoisotopic (exact) mass is 434 g/mol. The fourth-order valence-corrected chi connectivity index (χ4v) is 4.01. The van der Waals surface area contributed by atoms with Gasteiger partial charge >= 0.3 is 0 Å². The van der Waals surface area contributed by atoms with Crippen molar-refractivity contribution in [3.8, 4) is 0 Å². The largest absolute Gasteiger partial charge is 0.375 e. The van der Waals surface area contributed by atoms with E-state index in [1.165, 1.54) is 6.42 Å². The van der Waals surface area contributed by atoms with Gasteiger partial charge in [-0.25, -0.2) is 0 Å². The molecule has 1 spiro atoms.